The zero-order valence-electron chi connectivity index (χ0n) is 23.9. The highest BCUT2D eigenvalue weighted by Gasteiger charge is 2.27. The standard InChI is InChI=1S/C38H24N4O2S/c1-5-19-33-29(15-1)41(30-16-2-6-20-34(30)43-33)27-13-9-11-25(23-27)37-39-38(45-40-37)26-12-10-14-28(24-26)42-31-17-3-7-21-35(31)44-36-22-8-4-18-32(36)42/h1-24H. The van der Waals surface area contributed by atoms with Gasteiger partial charge in [-0.25, -0.2) is 4.98 Å². The Bertz CT molecular complexity index is 1980. The molecule has 0 saturated heterocycles. The first-order chi connectivity index (χ1) is 22.3. The van der Waals surface area contributed by atoms with Gasteiger partial charge in [-0.2, -0.15) is 4.37 Å². The Kier molecular flexibility index (Phi) is 5.89. The molecule has 6 aromatic carbocycles. The predicted octanol–water partition coefficient (Wildman–Crippen LogP) is 11.0. The van der Waals surface area contributed by atoms with Crippen molar-refractivity contribution < 1.29 is 9.47 Å². The van der Waals surface area contributed by atoms with Gasteiger partial charge in [0.15, 0.2) is 28.8 Å². The van der Waals surface area contributed by atoms with E-state index in [1.165, 1.54) is 11.5 Å². The van der Waals surface area contributed by atoms with E-state index in [4.69, 9.17) is 18.8 Å². The molecule has 0 radical (unpaired) electrons. The average Bonchev–Trinajstić information content (AvgIpc) is 3.60. The Morgan fingerprint density at radius 1 is 0.444 bits per heavy atom. The molecule has 0 aliphatic carbocycles. The van der Waals surface area contributed by atoms with Crippen molar-refractivity contribution in [2.45, 2.75) is 0 Å². The van der Waals surface area contributed by atoms with Crippen LogP contribution in [0.2, 0.25) is 0 Å². The molecule has 1 aromatic heterocycles. The number of hydrogen-bond donors (Lipinski definition) is 0. The Balaban J connectivity index is 1.08. The second-order valence-electron chi connectivity index (χ2n) is 10.8. The zero-order chi connectivity index (χ0) is 29.7. The summed E-state index contributed by atoms with van der Waals surface area (Å²) in [5.41, 5.74) is 7.96. The largest absolute Gasteiger partial charge is 0.453 e. The van der Waals surface area contributed by atoms with E-state index in [-0.39, 0.29) is 0 Å². The summed E-state index contributed by atoms with van der Waals surface area (Å²) in [6, 6.07) is 49.2. The predicted molar refractivity (Wildman–Crippen MR) is 180 cm³/mol. The SMILES string of the molecule is c1cc(-c2nsc(-c3cccc(N4c5ccccc5Oc5ccccc54)c3)n2)cc(N2c3ccccc3Oc3ccccc32)c1. The molecule has 0 N–H and O–H groups in total. The van der Waals surface area contributed by atoms with Crippen molar-refractivity contribution in [2.75, 3.05) is 9.80 Å². The fourth-order valence-electron chi connectivity index (χ4n) is 5.99. The Hall–Kier alpha value is -5.92. The molecule has 0 unspecified atom stereocenters. The molecule has 7 heteroatoms. The minimum atomic E-state index is 0.694. The van der Waals surface area contributed by atoms with E-state index in [1.54, 1.807) is 0 Å². The van der Waals surface area contributed by atoms with Crippen molar-refractivity contribution in [3.8, 4) is 45.0 Å². The van der Waals surface area contributed by atoms with Crippen LogP contribution in [-0.2, 0) is 0 Å². The van der Waals surface area contributed by atoms with Crippen LogP contribution >= 0.6 is 11.5 Å². The molecule has 0 saturated carbocycles. The summed E-state index contributed by atoms with van der Waals surface area (Å²) in [6.45, 7) is 0. The number of anilines is 6. The summed E-state index contributed by atoms with van der Waals surface area (Å²) >= 11 is 1.40. The molecule has 45 heavy (non-hydrogen) atoms. The highest BCUT2D eigenvalue weighted by molar-refractivity contribution is 7.09. The lowest BCUT2D eigenvalue weighted by Crippen LogP contribution is -2.15. The summed E-state index contributed by atoms with van der Waals surface area (Å²) in [4.78, 5) is 9.49. The molecule has 0 bridgehead atoms. The van der Waals surface area contributed by atoms with E-state index in [0.717, 1.165) is 73.3 Å². The van der Waals surface area contributed by atoms with Crippen LogP contribution in [0.15, 0.2) is 146 Å². The quantitative estimate of drug-likeness (QED) is 0.200. The van der Waals surface area contributed by atoms with E-state index in [9.17, 15) is 0 Å². The highest BCUT2D eigenvalue weighted by atomic mass is 32.1. The summed E-state index contributed by atoms with van der Waals surface area (Å²) in [5, 5.41) is 0.856. The van der Waals surface area contributed by atoms with E-state index in [2.05, 4.69) is 82.6 Å². The van der Waals surface area contributed by atoms with Crippen LogP contribution in [0.1, 0.15) is 0 Å². The zero-order valence-corrected chi connectivity index (χ0v) is 24.7. The third-order valence-electron chi connectivity index (χ3n) is 8.00. The van der Waals surface area contributed by atoms with Gasteiger partial charge in [-0.3, -0.25) is 0 Å². The molecule has 7 aromatic rings. The maximum atomic E-state index is 6.22. The molecule has 2 aliphatic heterocycles. The van der Waals surface area contributed by atoms with Crippen LogP contribution in [0, 0.1) is 0 Å². The lowest BCUT2D eigenvalue weighted by Gasteiger charge is -2.32. The van der Waals surface area contributed by atoms with Gasteiger partial charge in [0.05, 0.1) is 22.7 Å². The summed E-state index contributed by atoms with van der Waals surface area (Å²) in [6.07, 6.45) is 0. The molecular formula is C38H24N4O2S. The van der Waals surface area contributed by atoms with Gasteiger partial charge in [0.2, 0.25) is 0 Å². The molecule has 3 heterocycles. The van der Waals surface area contributed by atoms with Gasteiger partial charge in [0.25, 0.3) is 0 Å². The Labute approximate surface area is 264 Å². The van der Waals surface area contributed by atoms with Gasteiger partial charge in [-0.1, -0.05) is 72.8 Å². The smallest absolute Gasteiger partial charge is 0.173 e. The summed E-state index contributed by atoms with van der Waals surface area (Å²) < 4.78 is 17.2. The maximum absolute atomic E-state index is 6.22. The fourth-order valence-corrected chi connectivity index (χ4v) is 6.66. The minimum absolute atomic E-state index is 0.694. The molecule has 0 spiro atoms. The van der Waals surface area contributed by atoms with E-state index >= 15 is 0 Å². The van der Waals surface area contributed by atoms with Crippen molar-refractivity contribution in [1.82, 2.24) is 9.36 Å². The van der Waals surface area contributed by atoms with Crippen LogP contribution in [0.25, 0.3) is 22.0 Å². The van der Waals surface area contributed by atoms with Crippen LogP contribution in [0.3, 0.4) is 0 Å². The first-order valence-corrected chi connectivity index (χ1v) is 15.4. The second kappa shape index (κ2) is 10.4. The van der Waals surface area contributed by atoms with Crippen molar-refractivity contribution in [3.05, 3.63) is 146 Å². The maximum Gasteiger partial charge on any atom is 0.173 e. The monoisotopic (exact) mass is 600 g/mol. The van der Waals surface area contributed by atoms with Crippen LogP contribution in [0.5, 0.6) is 23.0 Å². The first kappa shape index (κ1) is 25.6. The van der Waals surface area contributed by atoms with Gasteiger partial charge >= 0.3 is 0 Å². The first-order valence-electron chi connectivity index (χ1n) is 14.7. The van der Waals surface area contributed by atoms with Crippen LogP contribution in [-0.4, -0.2) is 9.36 Å². The van der Waals surface area contributed by atoms with E-state index in [0.29, 0.717) is 5.82 Å². The minimum Gasteiger partial charge on any atom is -0.453 e. The number of fused-ring (bicyclic) bond motifs is 4. The number of para-hydroxylation sites is 8. The molecular weight excluding hydrogens is 577 g/mol. The van der Waals surface area contributed by atoms with Crippen molar-refractivity contribution in [1.29, 1.82) is 0 Å². The van der Waals surface area contributed by atoms with Crippen LogP contribution in [0.4, 0.5) is 34.1 Å². The number of nitrogens with zero attached hydrogens (tertiary/aromatic N) is 4. The fraction of sp³-hybridized carbons (Fsp3) is 0. The van der Waals surface area contributed by atoms with Crippen molar-refractivity contribution >= 4 is 45.7 Å². The third-order valence-corrected chi connectivity index (χ3v) is 8.77. The number of ether oxygens (including phenoxy) is 2. The van der Waals surface area contributed by atoms with E-state index in [1.807, 2.05) is 72.8 Å². The lowest BCUT2D eigenvalue weighted by atomic mass is 10.1. The Morgan fingerprint density at radius 2 is 0.867 bits per heavy atom. The van der Waals surface area contributed by atoms with Crippen LogP contribution < -0.4 is 19.3 Å². The van der Waals surface area contributed by atoms with Gasteiger partial charge < -0.3 is 19.3 Å². The summed E-state index contributed by atoms with van der Waals surface area (Å²) in [7, 11) is 0. The van der Waals surface area contributed by atoms with Gasteiger partial charge in [-0.05, 0) is 84.3 Å². The molecule has 6 nitrogen and oxygen atoms in total. The summed E-state index contributed by atoms with van der Waals surface area (Å²) in [5.74, 6) is 3.98. The van der Waals surface area contributed by atoms with Crippen molar-refractivity contribution in [3.63, 3.8) is 0 Å². The van der Waals surface area contributed by atoms with Gasteiger partial charge in [0.1, 0.15) is 5.01 Å². The average molecular weight is 601 g/mol. The molecule has 0 atom stereocenters. The number of benzene rings is 6. The second-order valence-corrected chi connectivity index (χ2v) is 11.5. The normalized spacial score (nSPS) is 12.7. The number of aromatic nitrogens is 2. The highest BCUT2D eigenvalue weighted by Crippen LogP contribution is 2.52. The number of rotatable bonds is 4. The Morgan fingerprint density at radius 3 is 1.36 bits per heavy atom. The lowest BCUT2D eigenvalue weighted by molar-refractivity contribution is 0.477. The third kappa shape index (κ3) is 4.32. The topological polar surface area (TPSA) is 50.7 Å². The molecule has 0 fully saturated rings. The van der Waals surface area contributed by atoms with Gasteiger partial charge in [0, 0.05) is 22.5 Å². The van der Waals surface area contributed by atoms with E-state index < -0.39 is 0 Å². The van der Waals surface area contributed by atoms with Crippen molar-refractivity contribution in [2.24, 2.45) is 0 Å². The number of hydrogen-bond acceptors (Lipinski definition) is 7. The molecule has 9 rings (SSSR count). The molecule has 2 aliphatic rings. The molecule has 0 amide bonds. The van der Waals surface area contributed by atoms with Gasteiger partial charge in [-0.15, -0.1) is 0 Å². The molecule has 214 valence electrons.